The number of aromatic nitrogens is 1. The van der Waals surface area contributed by atoms with Gasteiger partial charge < -0.3 is 20.8 Å². The Labute approximate surface area is 266 Å². The Morgan fingerprint density at radius 2 is 1.73 bits per heavy atom. The number of hydrogen-bond acceptors (Lipinski definition) is 7. The Hall–Kier alpha value is -3.63. The van der Waals surface area contributed by atoms with Crippen LogP contribution in [0.15, 0.2) is 79.1 Å². The average molecular weight is 614 g/mol. The number of pyridine rings is 1. The molecule has 1 saturated heterocycles. The highest BCUT2D eigenvalue weighted by atomic mass is 16.3. The molecule has 3 aromatic rings. The number of benzene rings is 2. The van der Waals surface area contributed by atoms with Crippen molar-refractivity contribution in [1.82, 2.24) is 25.4 Å². The van der Waals surface area contributed by atoms with E-state index in [1.54, 1.807) is 6.20 Å². The van der Waals surface area contributed by atoms with Crippen LogP contribution in [0.2, 0.25) is 0 Å². The number of fused-ring (bicyclic) bond motifs is 1. The number of aliphatic hydroxyl groups excluding tert-OH is 2. The van der Waals surface area contributed by atoms with Crippen molar-refractivity contribution in [3.05, 3.63) is 101 Å². The van der Waals surface area contributed by atoms with E-state index >= 15 is 0 Å². The lowest BCUT2D eigenvalue weighted by atomic mass is 9.91. The van der Waals surface area contributed by atoms with Crippen LogP contribution >= 0.6 is 0 Å². The van der Waals surface area contributed by atoms with Gasteiger partial charge in [0.25, 0.3) is 0 Å². The van der Waals surface area contributed by atoms with Crippen LogP contribution in [0.3, 0.4) is 0 Å². The summed E-state index contributed by atoms with van der Waals surface area (Å²) in [4.78, 5) is 35.9. The summed E-state index contributed by atoms with van der Waals surface area (Å²) in [5.74, 6) is -0.781. The van der Waals surface area contributed by atoms with Gasteiger partial charge in [-0.1, -0.05) is 60.7 Å². The molecular weight excluding hydrogens is 566 g/mol. The van der Waals surface area contributed by atoms with E-state index in [1.165, 1.54) is 0 Å². The molecule has 0 saturated carbocycles. The molecule has 2 heterocycles. The second-order valence-electron chi connectivity index (χ2n) is 13.6. The van der Waals surface area contributed by atoms with Gasteiger partial charge in [0.15, 0.2) is 0 Å². The van der Waals surface area contributed by atoms with Crippen molar-refractivity contribution >= 4 is 11.8 Å². The van der Waals surface area contributed by atoms with E-state index in [1.807, 2.05) is 93.7 Å². The van der Waals surface area contributed by atoms with Crippen LogP contribution in [-0.2, 0) is 29.0 Å². The van der Waals surface area contributed by atoms with Gasteiger partial charge in [-0.25, -0.2) is 0 Å². The van der Waals surface area contributed by atoms with E-state index in [0.29, 0.717) is 32.5 Å². The van der Waals surface area contributed by atoms with Crippen molar-refractivity contribution in [2.45, 2.75) is 76.4 Å². The molecule has 9 heteroatoms. The molecule has 240 valence electrons. The fraction of sp³-hybridized carbons (Fsp3) is 0.472. The molecule has 4 N–H and O–H groups in total. The molecule has 1 aliphatic heterocycles. The lowest BCUT2D eigenvalue weighted by molar-refractivity contribution is -0.132. The predicted octanol–water partition coefficient (Wildman–Crippen LogP) is 2.87. The van der Waals surface area contributed by atoms with Gasteiger partial charge in [0.2, 0.25) is 11.8 Å². The van der Waals surface area contributed by atoms with Crippen LogP contribution in [0.5, 0.6) is 0 Å². The van der Waals surface area contributed by atoms with E-state index in [-0.39, 0.29) is 24.8 Å². The fourth-order valence-electron chi connectivity index (χ4n) is 6.56. The van der Waals surface area contributed by atoms with E-state index in [2.05, 4.69) is 25.4 Å². The maximum atomic E-state index is 13.8. The molecule has 45 heavy (non-hydrogen) atoms. The average Bonchev–Trinajstić information content (AvgIpc) is 3.32. The van der Waals surface area contributed by atoms with Crippen LogP contribution in [0.4, 0.5) is 0 Å². The molecule has 1 aliphatic carbocycles. The molecule has 1 aromatic heterocycles. The number of amides is 2. The van der Waals surface area contributed by atoms with Gasteiger partial charge in [-0.05, 0) is 61.9 Å². The Kier molecular flexibility index (Phi) is 10.7. The minimum atomic E-state index is -0.833. The standard InChI is InChI=1S/C36H47N5O4/c1-36(2,3)39-35(45)31-24-40(22-26-12-9-15-37-21-26)16-17-41(31)23-29(42)19-28(18-25-10-5-4-6-11-25)34(44)38-33-30-14-8-7-13-27(30)20-32(33)43/h4-15,21,28-29,31-33,42-43H,16-20,22-24H2,1-3H3,(H,38,44)(H,39,45)/t28-,29-,31-,32+,33-/m0/s1. The summed E-state index contributed by atoms with van der Waals surface area (Å²) in [6.07, 6.45) is 3.26. The first-order valence-corrected chi connectivity index (χ1v) is 16.0. The minimum absolute atomic E-state index is 0.0712. The molecule has 2 aromatic carbocycles. The summed E-state index contributed by atoms with van der Waals surface area (Å²) in [7, 11) is 0. The van der Waals surface area contributed by atoms with Crippen molar-refractivity contribution in [1.29, 1.82) is 0 Å². The second-order valence-corrected chi connectivity index (χ2v) is 13.6. The molecule has 2 amide bonds. The zero-order valence-electron chi connectivity index (χ0n) is 26.6. The number of carbonyl (C=O) groups is 2. The number of piperazine rings is 1. The molecule has 0 radical (unpaired) electrons. The minimum Gasteiger partial charge on any atom is -0.392 e. The van der Waals surface area contributed by atoms with Gasteiger partial charge in [0, 0.05) is 63.0 Å². The lowest BCUT2D eigenvalue weighted by Gasteiger charge is -2.42. The number of β-amino-alcohol motifs (C(OH)–C–C–N with tert-alkyl or cyclic N) is 1. The normalized spacial score (nSPS) is 21.9. The van der Waals surface area contributed by atoms with E-state index < -0.39 is 35.7 Å². The van der Waals surface area contributed by atoms with Gasteiger partial charge in [0.05, 0.1) is 18.2 Å². The summed E-state index contributed by atoms with van der Waals surface area (Å²) in [5.41, 5.74) is 3.68. The largest absolute Gasteiger partial charge is 0.392 e. The first-order chi connectivity index (χ1) is 21.6. The molecule has 0 unspecified atom stereocenters. The third-order valence-electron chi connectivity index (χ3n) is 8.70. The fourth-order valence-corrected chi connectivity index (χ4v) is 6.56. The Balaban J connectivity index is 1.29. The number of nitrogens with one attached hydrogen (secondary N) is 2. The predicted molar refractivity (Wildman–Crippen MR) is 174 cm³/mol. The topological polar surface area (TPSA) is 118 Å². The van der Waals surface area contributed by atoms with Crippen molar-refractivity contribution in [3.63, 3.8) is 0 Å². The van der Waals surface area contributed by atoms with Crippen LogP contribution in [0, 0.1) is 5.92 Å². The van der Waals surface area contributed by atoms with Gasteiger partial charge in [-0.2, -0.15) is 0 Å². The summed E-state index contributed by atoms with van der Waals surface area (Å²) in [5, 5.41) is 28.5. The number of hydrogen-bond donors (Lipinski definition) is 4. The molecule has 0 spiro atoms. The first kappa shape index (κ1) is 32.8. The first-order valence-electron chi connectivity index (χ1n) is 16.0. The highest BCUT2D eigenvalue weighted by molar-refractivity contribution is 5.83. The molecule has 5 rings (SSSR count). The number of carbonyl (C=O) groups excluding carboxylic acids is 2. The van der Waals surface area contributed by atoms with Crippen LogP contribution < -0.4 is 10.6 Å². The zero-order valence-corrected chi connectivity index (χ0v) is 26.6. The number of nitrogens with zero attached hydrogens (tertiary/aromatic N) is 3. The van der Waals surface area contributed by atoms with Crippen molar-refractivity contribution in [3.8, 4) is 0 Å². The third-order valence-corrected chi connectivity index (χ3v) is 8.70. The zero-order chi connectivity index (χ0) is 32.0. The van der Waals surface area contributed by atoms with Crippen LogP contribution in [0.1, 0.15) is 55.5 Å². The highest BCUT2D eigenvalue weighted by Gasteiger charge is 2.37. The summed E-state index contributed by atoms with van der Waals surface area (Å²) in [6, 6.07) is 20.6. The highest BCUT2D eigenvalue weighted by Crippen LogP contribution is 2.32. The van der Waals surface area contributed by atoms with Crippen molar-refractivity contribution < 1.29 is 19.8 Å². The smallest absolute Gasteiger partial charge is 0.239 e. The third kappa shape index (κ3) is 8.98. The van der Waals surface area contributed by atoms with Crippen LogP contribution in [0.25, 0.3) is 0 Å². The maximum Gasteiger partial charge on any atom is 0.239 e. The maximum absolute atomic E-state index is 13.8. The molecule has 5 atom stereocenters. The summed E-state index contributed by atoms with van der Waals surface area (Å²) < 4.78 is 0. The number of rotatable bonds is 11. The Morgan fingerprint density at radius 3 is 2.47 bits per heavy atom. The molecule has 9 nitrogen and oxygen atoms in total. The second kappa shape index (κ2) is 14.6. The van der Waals surface area contributed by atoms with E-state index in [4.69, 9.17) is 0 Å². The monoisotopic (exact) mass is 613 g/mol. The molecule has 2 aliphatic rings. The van der Waals surface area contributed by atoms with Gasteiger partial charge >= 0.3 is 0 Å². The quantitative estimate of drug-likeness (QED) is 0.263. The molecule has 0 bridgehead atoms. The van der Waals surface area contributed by atoms with Gasteiger partial charge in [-0.15, -0.1) is 0 Å². The molecular formula is C36H47N5O4. The Morgan fingerprint density at radius 1 is 1.00 bits per heavy atom. The summed E-state index contributed by atoms with van der Waals surface area (Å²) in [6.45, 7) is 8.74. The van der Waals surface area contributed by atoms with Crippen molar-refractivity contribution in [2.75, 3.05) is 26.2 Å². The molecule has 1 fully saturated rings. The SMILES string of the molecule is CC(C)(C)NC(=O)[C@@H]1CN(Cc2cccnc2)CCN1C[C@@H](O)C[C@H](Cc1ccccc1)C(=O)N[C@H]1c2ccccc2C[C@H]1O. The summed E-state index contributed by atoms with van der Waals surface area (Å²) >= 11 is 0. The Bertz CT molecular complexity index is 1410. The van der Waals surface area contributed by atoms with E-state index in [0.717, 1.165) is 28.8 Å². The lowest BCUT2D eigenvalue weighted by Crippen LogP contribution is -2.61. The van der Waals surface area contributed by atoms with Crippen LogP contribution in [-0.4, -0.2) is 86.8 Å². The van der Waals surface area contributed by atoms with E-state index in [9.17, 15) is 19.8 Å². The van der Waals surface area contributed by atoms with Gasteiger partial charge in [0.1, 0.15) is 6.04 Å². The number of aliphatic hydroxyl groups is 2. The van der Waals surface area contributed by atoms with Gasteiger partial charge in [-0.3, -0.25) is 24.4 Å². The van der Waals surface area contributed by atoms with Crippen molar-refractivity contribution in [2.24, 2.45) is 5.92 Å².